The summed E-state index contributed by atoms with van der Waals surface area (Å²) >= 11 is 7.05. The Morgan fingerprint density at radius 1 is 1.31 bits per heavy atom. The van der Waals surface area contributed by atoms with Gasteiger partial charge in [-0.25, -0.2) is 4.39 Å². The molecule has 1 fully saturated rings. The molecule has 1 unspecified atom stereocenters. The number of nitrogens with zero attached hydrogens (tertiary/aromatic N) is 2. The fourth-order valence-corrected chi connectivity index (χ4v) is 3.84. The van der Waals surface area contributed by atoms with Gasteiger partial charge in [-0.15, -0.1) is 5.10 Å². The van der Waals surface area contributed by atoms with Crippen molar-refractivity contribution in [2.24, 2.45) is 10.2 Å². The van der Waals surface area contributed by atoms with Crippen LogP contribution < -0.4 is 14.8 Å². The normalized spacial score (nSPS) is 17.0. The highest BCUT2D eigenvalue weighted by atomic mass is 35.5. The van der Waals surface area contributed by atoms with Gasteiger partial charge in [-0.1, -0.05) is 29.4 Å². The van der Waals surface area contributed by atoms with Crippen LogP contribution in [-0.4, -0.2) is 40.2 Å². The van der Waals surface area contributed by atoms with E-state index < -0.39 is 22.9 Å². The van der Waals surface area contributed by atoms with Crippen molar-refractivity contribution in [1.82, 2.24) is 5.32 Å². The molecule has 0 aromatic heterocycles. The standard InChI is InChI=1S/C21H19ClFN3O5S/c1-2-30-17-8-12(10-24-26-21-25-20(29)18(32-21)9-19(27)28)6-7-16(17)31-11-13-14(22)4-3-5-15(13)23/h3-8,10,18H,2,9,11H2,1H3,(H,27,28)(H,25,26,29). The average Bonchev–Trinajstić information content (AvgIpc) is 3.07. The molecular formula is C21H19ClFN3O5S. The van der Waals surface area contributed by atoms with Crippen LogP contribution in [0.15, 0.2) is 46.6 Å². The molecule has 0 saturated carbocycles. The number of ether oxygens (including phenoxy) is 2. The first-order valence-corrected chi connectivity index (χ1v) is 10.8. The minimum Gasteiger partial charge on any atom is -0.490 e. The second kappa shape index (κ2) is 11.0. The predicted molar refractivity (Wildman–Crippen MR) is 120 cm³/mol. The smallest absolute Gasteiger partial charge is 0.305 e. The summed E-state index contributed by atoms with van der Waals surface area (Å²) in [5, 5.41) is 18.9. The van der Waals surface area contributed by atoms with Gasteiger partial charge in [0.25, 0.3) is 0 Å². The molecule has 1 aliphatic heterocycles. The van der Waals surface area contributed by atoms with Gasteiger partial charge in [0.15, 0.2) is 16.7 Å². The van der Waals surface area contributed by atoms with Crippen LogP contribution in [0.4, 0.5) is 4.39 Å². The summed E-state index contributed by atoms with van der Waals surface area (Å²) in [5.74, 6) is -1.10. The van der Waals surface area contributed by atoms with Crippen LogP contribution in [0.25, 0.3) is 0 Å². The van der Waals surface area contributed by atoms with E-state index in [0.717, 1.165) is 11.8 Å². The van der Waals surface area contributed by atoms with Gasteiger partial charge in [-0.2, -0.15) is 5.10 Å². The fourth-order valence-electron chi connectivity index (χ4n) is 2.71. The molecule has 1 aliphatic rings. The molecule has 1 saturated heterocycles. The summed E-state index contributed by atoms with van der Waals surface area (Å²) in [5.41, 5.74) is 0.890. The van der Waals surface area contributed by atoms with Gasteiger partial charge in [0, 0.05) is 5.56 Å². The zero-order chi connectivity index (χ0) is 23.1. The Hall–Kier alpha value is -3.11. The molecule has 11 heteroatoms. The van der Waals surface area contributed by atoms with Crippen molar-refractivity contribution >= 4 is 46.6 Å². The van der Waals surface area contributed by atoms with Crippen LogP contribution in [0.3, 0.4) is 0 Å². The number of thioether (sulfide) groups is 1. The molecule has 0 aliphatic carbocycles. The highest BCUT2D eigenvalue weighted by Crippen LogP contribution is 2.30. The van der Waals surface area contributed by atoms with E-state index in [0.29, 0.717) is 23.7 Å². The lowest BCUT2D eigenvalue weighted by atomic mass is 10.2. The van der Waals surface area contributed by atoms with Crippen LogP contribution in [0, 0.1) is 5.82 Å². The van der Waals surface area contributed by atoms with Crippen LogP contribution in [-0.2, 0) is 16.2 Å². The largest absolute Gasteiger partial charge is 0.490 e. The van der Waals surface area contributed by atoms with E-state index >= 15 is 0 Å². The number of aliphatic carboxylic acids is 1. The number of hydrogen-bond donors (Lipinski definition) is 2. The van der Waals surface area contributed by atoms with Crippen molar-refractivity contribution in [3.63, 3.8) is 0 Å². The number of carbonyl (C=O) groups is 2. The van der Waals surface area contributed by atoms with Gasteiger partial charge < -0.3 is 19.9 Å². The first kappa shape index (κ1) is 23.6. The maximum absolute atomic E-state index is 14.0. The van der Waals surface area contributed by atoms with Gasteiger partial charge in [0.2, 0.25) is 5.91 Å². The monoisotopic (exact) mass is 479 g/mol. The molecular weight excluding hydrogens is 461 g/mol. The Morgan fingerprint density at radius 2 is 2.12 bits per heavy atom. The highest BCUT2D eigenvalue weighted by molar-refractivity contribution is 8.15. The Morgan fingerprint density at radius 3 is 2.84 bits per heavy atom. The van der Waals surface area contributed by atoms with Crippen molar-refractivity contribution in [1.29, 1.82) is 0 Å². The molecule has 0 bridgehead atoms. The van der Waals surface area contributed by atoms with Crippen LogP contribution in [0.2, 0.25) is 5.02 Å². The van der Waals surface area contributed by atoms with Gasteiger partial charge in [0.05, 0.1) is 24.3 Å². The van der Waals surface area contributed by atoms with Gasteiger partial charge in [0.1, 0.15) is 17.7 Å². The molecule has 1 amide bonds. The molecule has 168 valence electrons. The summed E-state index contributed by atoms with van der Waals surface area (Å²) in [6, 6.07) is 9.46. The number of benzene rings is 2. The first-order valence-electron chi connectivity index (χ1n) is 9.50. The maximum atomic E-state index is 14.0. The number of carboxylic acid groups (broad SMARTS) is 1. The summed E-state index contributed by atoms with van der Waals surface area (Å²) < 4.78 is 25.3. The number of hydrogen-bond acceptors (Lipinski definition) is 7. The number of halogens is 2. The van der Waals surface area contributed by atoms with E-state index in [1.54, 1.807) is 24.3 Å². The maximum Gasteiger partial charge on any atom is 0.305 e. The number of amidine groups is 1. The number of carbonyl (C=O) groups excluding carboxylic acids is 1. The fraction of sp³-hybridized carbons (Fsp3) is 0.238. The Bertz CT molecular complexity index is 1060. The van der Waals surface area contributed by atoms with Crippen molar-refractivity contribution in [3.05, 3.63) is 58.4 Å². The third-order valence-electron chi connectivity index (χ3n) is 4.19. The molecule has 2 aromatic carbocycles. The number of carboxylic acids is 1. The Balaban J connectivity index is 1.69. The van der Waals surface area contributed by atoms with Gasteiger partial charge in [-0.05, 0) is 42.8 Å². The lowest BCUT2D eigenvalue weighted by Crippen LogP contribution is -2.26. The number of amides is 1. The zero-order valence-corrected chi connectivity index (χ0v) is 18.5. The van der Waals surface area contributed by atoms with E-state index in [2.05, 4.69) is 15.5 Å². The third-order valence-corrected chi connectivity index (χ3v) is 5.62. The first-order chi connectivity index (χ1) is 15.4. The highest BCUT2D eigenvalue weighted by Gasteiger charge is 2.32. The van der Waals surface area contributed by atoms with E-state index in [1.165, 1.54) is 18.3 Å². The van der Waals surface area contributed by atoms with Crippen LogP contribution >= 0.6 is 23.4 Å². The summed E-state index contributed by atoms with van der Waals surface area (Å²) in [6.45, 7) is 2.13. The predicted octanol–water partition coefficient (Wildman–Crippen LogP) is 3.85. The van der Waals surface area contributed by atoms with Crippen molar-refractivity contribution < 1.29 is 28.6 Å². The lowest BCUT2D eigenvalue weighted by molar-refractivity contribution is -0.138. The van der Waals surface area contributed by atoms with Gasteiger partial charge >= 0.3 is 5.97 Å². The Labute approximate surface area is 192 Å². The summed E-state index contributed by atoms with van der Waals surface area (Å²) in [4.78, 5) is 22.5. The van der Waals surface area contributed by atoms with E-state index in [1.807, 2.05) is 6.92 Å². The van der Waals surface area contributed by atoms with E-state index in [9.17, 15) is 14.0 Å². The molecule has 0 radical (unpaired) electrons. The van der Waals surface area contributed by atoms with Crippen molar-refractivity contribution in [2.75, 3.05) is 6.61 Å². The zero-order valence-electron chi connectivity index (χ0n) is 16.9. The quantitative estimate of drug-likeness (QED) is 0.417. The topological polar surface area (TPSA) is 110 Å². The number of nitrogens with one attached hydrogen (secondary N) is 1. The molecule has 0 spiro atoms. The molecule has 2 aromatic rings. The van der Waals surface area contributed by atoms with Crippen molar-refractivity contribution in [2.45, 2.75) is 25.2 Å². The van der Waals surface area contributed by atoms with E-state index in [4.69, 9.17) is 26.2 Å². The molecule has 1 heterocycles. The minimum atomic E-state index is -1.06. The molecule has 8 nitrogen and oxygen atoms in total. The molecule has 2 N–H and O–H groups in total. The van der Waals surface area contributed by atoms with Crippen LogP contribution in [0.1, 0.15) is 24.5 Å². The third kappa shape index (κ3) is 6.21. The minimum absolute atomic E-state index is 0.0684. The van der Waals surface area contributed by atoms with E-state index in [-0.39, 0.29) is 28.8 Å². The average molecular weight is 480 g/mol. The molecule has 1 atom stereocenters. The second-order valence-corrected chi connectivity index (χ2v) is 8.07. The Kier molecular flexibility index (Phi) is 8.07. The molecule has 32 heavy (non-hydrogen) atoms. The summed E-state index contributed by atoms with van der Waals surface area (Å²) in [6.07, 6.45) is 1.15. The SMILES string of the molecule is CCOc1cc(C=NN=C2NC(=O)C(CC(=O)O)S2)ccc1OCc1c(F)cccc1Cl. The van der Waals surface area contributed by atoms with Crippen LogP contribution in [0.5, 0.6) is 11.5 Å². The molecule has 3 rings (SSSR count). The summed E-state index contributed by atoms with van der Waals surface area (Å²) in [7, 11) is 0. The van der Waals surface area contributed by atoms with Crippen molar-refractivity contribution in [3.8, 4) is 11.5 Å². The second-order valence-electron chi connectivity index (χ2n) is 6.47. The van der Waals surface area contributed by atoms with Gasteiger partial charge in [-0.3, -0.25) is 9.59 Å². The number of rotatable bonds is 9. The lowest BCUT2D eigenvalue weighted by Gasteiger charge is -2.13.